The fourth-order valence-corrected chi connectivity index (χ4v) is 0.510. The zero-order valence-corrected chi connectivity index (χ0v) is 4.69. The largest absolute Gasteiger partial charge is 3.00 e. The molecule has 35 valence electrons. The van der Waals surface area contributed by atoms with Gasteiger partial charge in [-0.05, 0) is 12.8 Å². The summed E-state index contributed by atoms with van der Waals surface area (Å²) in [4.78, 5) is 0. The molecule has 1 saturated heterocycles. The molecule has 0 aromatic rings. The van der Waals surface area contributed by atoms with Crippen molar-refractivity contribution in [3.05, 3.63) is 0 Å². The van der Waals surface area contributed by atoms with Crippen LogP contribution in [0.2, 0.25) is 0 Å². The molecule has 0 aromatic heterocycles. The van der Waals surface area contributed by atoms with Gasteiger partial charge in [0.2, 0.25) is 0 Å². The van der Waals surface area contributed by atoms with E-state index in [-0.39, 0.29) is 17.1 Å². The molecule has 0 spiro atoms. The number of hydrogen-bond acceptors (Lipinski definition) is 1. The minimum Gasteiger partial charge on any atom is -0.381 e. The fourth-order valence-electron chi connectivity index (χ4n) is 0.510. The Morgan fingerprint density at radius 2 is 1.50 bits per heavy atom. The maximum Gasteiger partial charge on any atom is 3.00 e. The number of hydrogen-bond donors (Lipinski definition) is 0. The molecule has 1 aliphatic heterocycles. The molecule has 1 nitrogen and oxygen atoms in total. The van der Waals surface area contributed by atoms with Crippen molar-refractivity contribution in [2.24, 2.45) is 0 Å². The molecule has 0 unspecified atom stereocenters. The van der Waals surface area contributed by atoms with E-state index in [1.54, 1.807) is 0 Å². The maximum atomic E-state index is 4.94. The molecule has 1 heterocycles. The SMILES string of the molecule is C1CCOC1.[Fe+3]. The quantitative estimate of drug-likeness (QED) is 0.438. The van der Waals surface area contributed by atoms with Crippen molar-refractivity contribution < 1.29 is 21.8 Å². The van der Waals surface area contributed by atoms with E-state index in [9.17, 15) is 0 Å². The molecule has 6 heavy (non-hydrogen) atoms. The van der Waals surface area contributed by atoms with Crippen LogP contribution in [-0.4, -0.2) is 13.2 Å². The molecule has 1 aliphatic rings. The first kappa shape index (κ1) is 6.48. The summed E-state index contributed by atoms with van der Waals surface area (Å²) in [6.07, 6.45) is 2.56. The van der Waals surface area contributed by atoms with E-state index in [0.717, 1.165) is 13.2 Å². The summed E-state index contributed by atoms with van der Waals surface area (Å²) in [5, 5.41) is 0. The fraction of sp³-hybridized carbons (Fsp3) is 1.00. The normalized spacial score (nSPS) is 20.0. The second-order valence-corrected chi connectivity index (χ2v) is 1.32. The first-order chi connectivity index (χ1) is 2.50. The van der Waals surface area contributed by atoms with Crippen molar-refractivity contribution in [3.63, 3.8) is 0 Å². The molecule has 1 fully saturated rings. The first-order valence-corrected chi connectivity index (χ1v) is 2.08. The Morgan fingerprint density at radius 1 is 1.00 bits per heavy atom. The molecule has 2 heteroatoms. The molecular formula is C4H8FeO+3. The molecule has 0 saturated carbocycles. The first-order valence-electron chi connectivity index (χ1n) is 2.08. The molecule has 0 aliphatic carbocycles. The van der Waals surface area contributed by atoms with Gasteiger partial charge >= 0.3 is 17.1 Å². The minimum atomic E-state index is 0. The Bertz CT molecular complexity index is 19.1. The van der Waals surface area contributed by atoms with Crippen LogP contribution in [0.15, 0.2) is 0 Å². The zero-order chi connectivity index (χ0) is 3.54. The standard InChI is InChI=1S/C4H8O.Fe/c1-2-4-5-3-1;/h1-4H2;/q;+3. The van der Waals surface area contributed by atoms with Gasteiger partial charge in [-0.25, -0.2) is 0 Å². The maximum absolute atomic E-state index is 4.94. The van der Waals surface area contributed by atoms with E-state index >= 15 is 0 Å². The molecule has 0 aromatic carbocycles. The Kier molecular flexibility index (Phi) is 3.95. The molecule has 0 atom stereocenters. The zero-order valence-electron chi connectivity index (χ0n) is 3.59. The summed E-state index contributed by atoms with van der Waals surface area (Å²) in [5.41, 5.74) is 0. The third-order valence-electron chi connectivity index (χ3n) is 0.827. The van der Waals surface area contributed by atoms with E-state index in [4.69, 9.17) is 4.74 Å². The summed E-state index contributed by atoms with van der Waals surface area (Å²) in [6.45, 7) is 2.00. The molecule has 0 amide bonds. The van der Waals surface area contributed by atoms with Crippen molar-refractivity contribution >= 4 is 0 Å². The van der Waals surface area contributed by atoms with Gasteiger partial charge < -0.3 is 4.74 Å². The van der Waals surface area contributed by atoms with Gasteiger partial charge in [-0.2, -0.15) is 0 Å². The van der Waals surface area contributed by atoms with Crippen LogP contribution in [0.4, 0.5) is 0 Å². The summed E-state index contributed by atoms with van der Waals surface area (Å²) in [6, 6.07) is 0. The number of rotatable bonds is 0. The van der Waals surface area contributed by atoms with Crippen LogP contribution in [0.5, 0.6) is 0 Å². The van der Waals surface area contributed by atoms with E-state index in [1.165, 1.54) is 12.8 Å². The minimum absolute atomic E-state index is 0. The van der Waals surface area contributed by atoms with Crippen LogP contribution in [0.1, 0.15) is 12.8 Å². The Balaban J connectivity index is 0.000000250. The molecule has 0 N–H and O–H groups in total. The van der Waals surface area contributed by atoms with Crippen molar-refractivity contribution in [2.75, 3.05) is 13.2 Å². The Hall–Kier alpha value is 0.479. The van der Waals surface area contributed by atoms with Crippen molar-refractivity contribution in [1.82, 2.24) is 0 Å². The number of ether oxygens (including phenoxy) is 1. The predicted molar refractivity (Wildman–Crippen MR) is 20.1 cm³/mol. The second kappa shape index (κ2) is 3.66. The Labute approximate surface area is 48.5 Å². The van der Waals surface area contributed by atoms with Gasteiger partial charge in [-0.3, -0.25) is 0 Å². The molecule has 0 bridgehead atoms. The van der Waals surface area contributed by atoms with Crippen LogP contribution >= 0.6 is 0 Å². The van der Waals surface area contributed by atoms with Crippen LogP contribution in [0, 0.1) is 0 Å². The van der Waals surface area contributed by atoms with E-state index < -0.39 is 0 Å². The van der Waals surface area contributed by atoms with Crippen LogP contribution in [0.25, 0.3) is 0 Å². The van der Waals surface area contributed by atoms with Crippen molar-refractivity contribution in [3.8, 4) is 0 Å². The van der Waals surface area contributed by atoms with Crippen molar-refractivity contribution in [2.45, 2.75) is 12.8 Å². The van der Waals surface area contributed by atoms with Gasteiger partial charge in [0.1, 0.15) is 0 Å². The molecule has 1 rings (SSSR count). The van der Waals surface area contributed by atoms with Crippen LogP contribution < -0.4 is 0 Å². The summed E-state index contributed by atoms with van der Waals surface area (Å²) in [7, 11) is 0. The average Bonchev–Trinajstić information content (AvgIpc) is 1.76. The third-order valence-corrected chi connectivity index (χ3v) is 0.827. The van der Waals surface area contributed by atoms with Gasteiger partial charge in [0.25, 0.3) is 0 Å². The van der Waals surface area contributed by atoms with Gasteiger partial charge in [-0.15, -0.1) is 0 Å². The molecular weight excluding hydrogens is 120 g/mol. The predicted octanol–water partition coefficient (Wildman–Crippen LogP) is 0.794. The van der Waals surface area contributed by atoms with Gasteiger partial charge in [-0.1, -0.05) is 0 Å². The van der Waals surface area contributed by atoms with E-state index in [0.29, 0.717) is 0 Å². The van der Waals surface area contributed by atoms with Gasteiger partial charge in [0, 0.05) is 13.2 Å². The summed E-state index contributed by atoms with van der Waals surface area (Å²) in [5.74, 6) is 0. The average molecular weight is 128 g/mol. The topological polar surface area (TPSA) is 9.23 Å². The monoisotopic (exact) mass is 128 g/mol. The molecule has 1 radical (unpaired) electrons. The van der Waals surface area contributed by atoms with E-state index in [1.807, 2.05) is 0 Å². The third kappa shape index (κ3) is 1.81. The van der Waals surface area contributed by atoms with Crippen LogP contribution in [-0.2, 0) is 21.8 Å². The smallest absolute Gasteiger partial charge is 0.381 e. The summed E-state index contributed by atoms with van der Waals surface area (Å²) >= 11 is 0. The summed E-state index contributed by atoms with van der Waals surface area (Å²) < 4.78 is 4.94. The Morgan fingerprint density at radius 3 is 1.67 bits per heavy atom. The van der Waals surface area contributed by atoms with Gasteiger partial charge in [0.15, 0.2) is 0 Å². The van der Waals surface area contributed by atoms with Crippen molar-refractivity contribution in [1.29, 1.82) is 0 Å². The van der Waals surface area contributed by atoms with E-state index in [2.05, 4.69) is 0 Å². The van der Waals surface area contributed by atoms with Gasteiger partial charge in [0.05, 0.1) is 0 Å². The van der Waals surface area contributed by atoms with Crippen LogP contribution in [0.3, 0.4) is 0 Å². The second-order valence-electron chi connectivity index (χ2n) is 1.32.